The van der Waals surface area contributed by atoms with Crippen molar-refractivity contribution in [2.45, 2.75) is 45.2 Å². The highest BCUT2D eigenvalue weighted by atomic mass is 32.2. The molecule has 0 saturated heterocycles. The summed E-state index contributed by atoms with van der Waals surface area (Å²) in [4.78, 5) is 11.8. The van der Waals surface area contributed by atoms with Crippen molar-refractivity contribution in [2.24, 2.45) is 5.92 Å². The van der Waals surface area contributed by atoms with Gasteiger partial charge in [-0.3, -0.25) is 4.79 Å². The Morgan fingerprint density at radius 3 is 2.41 bits per heavy atom. The second-order valence-corrected chi connectivity index (χ2v) is 7.85. The zero-order valence-corrected chi connectivity index (χ0v) is 13.7. The largest absolute Gasteiger partial charge is 0.351 e. The highest BCUT2D eigenvalue weighted by molar-refractivity contribution is 7.90. The molecule has 1 amide bonds. The van der Waals surface area contributed by atoms with Crippen molar-refractivity contribution in [3.05, 3.63) is 35.9 Å². The van der Waals surface area contributed by atoms with Gasteiger partial charge in [0, 0.05) is 12.6 Å². The third-order valence-electron chi connectivity index (χ3n) is 4.02. The summed E-state index contributed by atoms with van der Waals surface area (Å²) in [6.07, 6.45) is 3.78. The van der Waals surface area contributed by atoms with E-state index in [9.17, 15) is 13.2 Å². The van der Waals surface area contributed by atoms with Gasteiger partial charge in [0.05, 0.1) is 0 Å². The van der Waals surface area contributed by atoms with Crippen LogP contribution in [0.1, 0.15) is 38.2 Å². The number of rotatable bonds is 6. The van der Waals surface area contributed by atoms with Crippen LogP contribution < -0.4 is 10.0 Å². The smallest absolute Gasteiger partial charge is 0.236 e. The number of hydrogen-bond donors (Lipinski definition) is 2. The molecule has 1 aromatic carbocycles. The molecule has 0 bridgehead atoms. The van der Waals surface area contributed by atoms with Gasteiger partial charge in [-0.2, -0.15) is 0 Å². The van der Waals surface area contributed by atoms with E-state index < -0.39 is 21.7 Å². The number of carbonyl (C=O) groups excluding carboxylic acids is 1. The lowest BCUT2D eigenvalue weighted by atomic mass is 9.88. The quantitative estimate of drug-likeness (QED) is 0.838. The second kappa shape index (κ2) is 7.74. The lowest BCUT2D eigenvalue weighted by Gasteiger charge is -2.26. The molecule has 0 atom stereocenters. The number of nitrogens with one attached hydrogen (secondary N) is 2. The molecule has 1 aromatic rings. The van der Waals surface area contributed by atoms with Gasteiger partial charge in [0.2, 0.25) is 15.9 Å². The summed E-state index contributed by atoms with van der Waals surface area (Å²) in [5.74, 6) is -0.318. The summed E-state index contributed by atoms with van der Waals surface area (Å²) < 4.78 is 26.7. The van der Waals surface area contributed by atoms with Crippen LogP contribution in [0.25, 0.3) is 0 Å². The Bertz CT molecular complexity index is 579. The molecule has 1 aliphatic carbocycles. The van der Waals surface area contributed by atoms with Gasteiger partial charge in [-0.15, -0.1) is 0 Å². The van der Waals surface area contributed by atoms with E-state index in [1.54, 1.807) is 0 Å². The van der Waals surface area contributed by atoms with E-state index in [-0.39, 0.29) is 6.04 Å². The Morgan fingerprint density at radius 2 is 1.77 bits per heavy atom. The number of carbonyl (C=O) groups is 1. The maximum Gasteiger partial charge on any atom is 0.236 e. The second-order valence-electron chi connectivity index (χ2n) is 6.10. The fourth-order valence-electron chi connectivity index (χ4n) is 2.69. The van der Waals surface area contributed by atoms with Gasteiger partial charge in [0.25, 0.3) is 0 Å². The molecular weight excluding hydrogens is 300 g/mol. The summed E-state index contributed by atoms with van der Waals surface area (Å²) in [5, 5.41) is 2.64. The molecule has 22 heavy (non-hydrogen) atoms. The Labute approximate surface area is 132 Å². The topological polar surface area (TPSA) is 75.3 Å². The SMILES string of the molecule is CC1CCC(NS(=O)(=O)CC(=O)NCc2ccccc2)CC1. The molecule has 1 saturated carbocycles. The van der Waals surface area contributed by atoms with Crippen LogP contribution in [0.2, 0.25) is 0 Å². The van der Waals surface area contributed by atoms with E-state index in [2.05, 4.69) is 17.0 Å². The van der Waals surface area contributed by atoms with Gasteiger partial charge in [0.1, 0.15) is 5.75 Å². The Kier molecular flexibility index (Phi) is 5.97. The van der Waals surface area contributed by atoms with Gasteiger partial charge in [-0.1, -0.05) is 37.3 Å². The lowest BCUT2D eigenvalue weighted by Crippen LogP contribution is -2.42. The molecule has 6 heteroatoms. The summed E-state index contributed by atoms with van der Waals surface area (Å²) >= 11 is 0. The Balaban J connectivity index is 1.77. The average Bonchev–Trinajstić information content (AvgIpc) is 2.48. The molecule has 122 valence electrons. The van der Waals surface area contributed by atoms with Gasteiger partial charge in [-0.05, 0) is 37.2 Å². The predicted octanol–water partition coefficient (Wildman–Crippen LogP) is 1.80. The summed E-state index contributed by atoms with van der Waals surface area (Å²) in [6.45, 7) is 2.53. The molecule has 1 aliphatic rings. The van der Waals surface area contributed by atoms with Crippen LogP contribution in [-0.4, -0.2) is 26.1 Å². The molecule has 0 radical (unpaired) electrons. The molecule has 5 nitrogen and oxygen atoms in total. The van der Waals surface area contributed by atoms with Crippen molar-refractivity contribution >= 4 is 15.9 Å². The van der Waals surface area contributed by atoms with E-state index in [4.69, 9.17) is 0 Å². The first-order chi connectivity index (χ1) is 10.4. The Hall–Kier alpha value is -1.40. The maximum atomic E-state index is 12.0. The molecule has 0 unspecified atom stereocenters. The van der Waals surface area contributed by atoms with Crippen molar-refractivity contribution in [3.63, 3.8) is 0 Å². The van der Waals surface area contributed by atoms with E-state index in [0.29, 0.717) is 12.5 Å². The van der Waals surface area contributed by atoms with E-state index in [1.807, 2.05) is 30.3 Å². The number of benzene rings is 1. The first kappa shape index (κ1) is 17.0. The van der Waals surface area contributed by atoms with Crippen molar-refractivity contribution in [2.75, 3.05) is 5.75 Å². The van der Waals surface area contributed by atoms with E-state index >= 15 is 0 Å². The van der Waals surface area contributed by atoms with Gasteiger partial charge in [0.15, 0.2) is 0 Å². The molecule has 1 fully saturated rings. The van der Waals surface area contributed by atoms with Crippen molar-refractivity contribution < 1.29 is 13.2 Å². The molecular formula is C16H24N2O3S. The summed E-state index contributed by atoms with van der Waals surface area (Å²) in [7, 11) is -3.56. The fraction of sp³-hybridized carbons (Fsp3) is 0.562. The highest BCUT2D eigenvalue weighted by Gasteiger charge is 2.24. The minimum absolute atomic E-state index is 0.0249. The molecule has 2 rings (SSSR count). The van der Waals surface area contributed by atoms with Crippen LogP contribution >= 0.6 is 0 Å². The van der Waals surface area contributed by atoms with E-state index in [0.717, 1.165) is 31.2 Å². The third-order valence-corrected chi connectivity index (χ3v) is 5.35. The van der Waals surface area contributed by atoms with Crippen molar-refractivity contribution in [1.29, 1.82) is 0 Å². The minimum atomic E-state index is -3.56. The number of sulfonamides is 1. The van der Waals surface area contributed by atoms with Gasteiger partial charge >= 0.3 is 0 Å². The van der Waals surface area contributed by atoms with Crippen LogP contribution in [0.4, 0.5) is 0 Å². The zero-order chi connectivity index (χ0) is 16.0. The van der Waals surface area contributed by atoms with Crippen molar-refractivity contribution in [3.8, 4) is 0 Å². The zero-order valence-electron chi connectivity index (χ0n) is 12.9. The van der Waals surface area contributed by atoms with Gasteiger partial charge < -0.3 is 5.32 Å². The first-order valence-corrected chi connectivity index (χ1v) is 9.40. The average molecular weight is 324 g/mol. The first-order valence-electron chi connectivity index (χ1n) is 7.75. The minimum Gasteiger partial charge on any atom is -0.351 e. The molecule has 0 aliphatic heterocycles. The summed E-state index contributed by atoms with van der Waals surface area (Å²) in [5.41, 5.74) is 0.947. The molecule has 0 heterocycles. The monoisotopic (exact) mass is 324 g/mol. The molecule has 2 N–H and O–H groups in total. The molecule has 0 spiro atoms. The summed E-state index contributed by atoms with van der Waals surface area (Å²) in [6, 6.07) is 9.40. The van der Waals surface area contributed by atoms with Crippen LogP contribution in [0.3, 0.4) is 0 Å². The normalized spacial score (nSPS) is 22.2. The lowest BCUT2D eigenvalue weighted by molar-refractivity contribution is -0.118. The standard InChI is InChI=1S/C16H24N2O3S/c1-13-7-9-15(10-8-13)18-22(20,21)12-16(19)17-11-14-5-3-2-4-6-14/h2-6,13,15,18H,7-12H2,1H3,(H,17,19). The van der Waals surface area contributed by atoms with Crippen LogP contribution in [-0.2, 0) is 21.4 Å². The highest BCUT2D eigenvalue weighted by Crippen LogP contribution is 2.23. The van der Waals surface area contributed by atoms with E-state index in [1.165, 1.54) is 0 Å². The number of amides is 1. The van der Waals surface area contributed by atoms with Crippen molar-refractivity contribution in [1.82, 2.24) is 10.0 Å². The van der Waals surface area contributed by atoms with Crippen LogP contribution in [0, 0.1) is 5.92 Å². The number of hydrogen-bond acceptors (Lipinski definition) is 3. The van der Waals surface area contributed by atoms with Gasteiger partial charge in [-0.25, -0.2) is 13.1 Å². The van der Waals surface area contributed by atoms with Crippen LogP contribution in [0.5, 0.6) is 0 Å². The Morgan fingerprint density at radius 1 is 1.14 bits per heavy atom. The predicted molar refractivity (Wildman–Crippen MR) is 86.6 cm³/mol. The maximum absolute atomic E-state index is 12.0. The van der Waals surface area contributed by atoms with Crippen LogP contribution in [0.15, 0.2) is 30.3 Å². The third kappa shape index (κ3) is 5.77. The molecule has 0 aromatic heterocycles. The fourth-order valence-corrected chi connectivity index (χ4v) is 3.97.